The van der Waals surface area contributed by atoms with Crippen LogP contribution in [0.5, 0.6) is 5.75 Å². The maximum atomic E-state index is 6.06. The molecule has 1 aromatic heterocycles. The van der Waals surface area contributed by atoms with E-state index < -0.39 is 0 Å². The third kappa shape index (κ3) is 2.63. The van der Waals surface area contributed by atoms with Gasteiger partial charge in [0.2, 0.25) is 0 Å². The molecule has 96 valence electrons. The van der Waals surface area contributed by atoms with E-state index in [9.17, 15) is 0 Å². The van der Waals surface area contributed by atoms with Gasteiger partial charge in [0.1, 0.15) is 18.7 Å². The van der Waals surface area contributed by atoms with Gasteiger partial charge in [-0.3, -0.25) is 0 Å². The maximum Gasteiger partial charge on any atom is 0.164 e. The smallest absolute Gasteiger partial charge is 0.164 e. The summed E-state index contributed by atoms with van der Waals surface area (Å²) in [5, 5.41) is 4.70. The summed E-state index contributed by atoms with van der Waals surface area (Å²) >= 11 is 6.06. The third-order valence-corrected chi connectivity index (χ3v) is 2.99. The topological polar surface area (TPSA) is 66.0 Å². The van der Waals surface area contributed by atoms with Crippen molar-refractivity contribution in [2.75, 3.05) is 0 Å². The summed E-state index contributed by atoms with van der Waals surface area (Å²) in [6.45, 7) is 3.46. The Bertz CT molecular complexity index is 527. The number of ether oxygens (including phenoxy) is 1. The van der Waals surface area contributed by atoms with Gasteiger partial charge in [-0.05, 0) is 19.1 Å². The summed E-state index contributed by atoms with van der Waals surface area (Å²) in [6.07, 6.45) is 1.52. The fourth-order valence-electron chi connectivity index (χ4n) is 1.68. The lowest BCUT2D eigenvalue weighted by Gasteiger charge is -2.11. The fourth-order valence-corrected chi connectivity index (χ4v) is 1.92. The Hall–Kier alpha value is -1.59. The molecule has 5 nitrogen and oxygen atoms in total. The first-order valence-corrected chi connectivity index (χ1v) is 6.11. The molecule has 0 aliphatic heterocycles. The van der Waals surface area contributed by atoms with Gasteiger partial charge in [-0.2, -0.15) is 5.10 Å². The highest BCUT2D eigenvalue weighted by molar-refractivity contribution is 6.31. The lowest BCUT2D eigenvalue weighted by Crippen LogP contribution is -2.09. The van der Waals surface area contributed by atoms with E-state index in [2.05, 4.69) is 10.1 Å². The number of rotatable bonds is 5. The molecule has 0 saturated heterocycles. The first kappa shape index (κ1) is 12.9. The highest BCUT2D eigenvalue weighted by Crippen LogP contribution is 2.26. The molecule has 0 saturated carbocycles. The lowest BCUT2D eigenvalue weighted by molar-refractivity contribution is 0.284. The van der Waals surface area contributed by atoms with Crippen molar-refractivity contribution < 1.29 is 4.74 Å². The second-order valence-electron chi connectivity index (χ2n) is 3.70. The van der Waals surface area contributed by atoms with Gasteiger partial charge in [0.05, 0.1) is 0 Å². The minimum Gasteiger partial charge on any atom is -0.485 e. The number of hydrogen-bond donors (Lipinski definition) is 1. The number of nitrogens with two attached hydrogens (primary N) is 1. The van der Waals surface area contributed by atoms with Gasteiger partial charge in [-0.1, -0.05) is 17.7 Å². The summed E-state index contributed by atoms with van der Waals surface area (Å²) < 4.78 is 7.49. The molecule has 0 bridgehead atoms. The zero-order chi connectivity index (χ0) is 13.0. The average molecular weight is 267 g/mol. The summed E-state index contributed by atoms with van der Waals surface area (Å²) in [5.74, 6) is 1.47. The van der Waals surface area contributed by atoms with Gasteiger partial charge in [-0.15, -0.1) is 0 Å². The second-order valence-corrected chi connectivity index (χ2v) is 4.11. The number of aromatic nitrogens is 3. The van der Waals surface area contributed by atoms with Crippen molar-refractivity contribution in [1.29, 1.82) is 0 Å². The molecule has 0 atom stereocenters. The molecule has 1 aromatic carbocycles. The zero-order valence-electron chi connectivity index (χ0n) is 10.1. The summed E-state index contributed by atoms with van der Waals surface area (Å²) in [7, 11) is 0. The minimum atomic E-state index is 0.343. The maximum absolute atomic E-state index is 6.06. The van der Waals surface area contributed by atoms with E-state index in [1.54, 1.807) is 10.7 Å². The number of halogens is 1. The molecular weight excluding hydrogens is 252 g/mol. The van der Waals surface area contributed by atoms with E-state index in [0.717, 1.165) is 17.9 Å². The van der Waals surface area contributed by atoms with Crippen LogP contribution in [-0.4, -0.2) is 14.8 Å². The van der Waals surface area contributed by atoms with Crippen molar-refractivity contribution >= 4 is 11.6 Å². The fraction of sp³-hybridized carbons (Fsp3) is 0.333. The van der Waals surface area contributed by atoms with E-state index in [4.69, 9.17) is 22.1 Å². The van der Waals surface area contributed by atoms with Crippen LogP contribution in [0.4, 0.5) is 0 Å². The summed E-state index contributed by atoms with van der Waals surface area (Å²) in [6, 6.07) is 5.48. The van der Waals surface area contributed by atoms with Crippen LogP contribution < -0.4 is 10.5 Å². The molecule has 0 fully saturated rings. The molecule has 0 radical (unpaired) electrons. The van der Waals surface area contributed by atoms with Gasteiger partial charge in [0.25, 0.3) is 0 Å². The molecule has 2 aromatic rings. The van der Waals surface area contributed by atoms with Crippen LogP contribution in [0.2, 0.25) is 5.02 Å². The molecule has 0 aliphatic rings. The first-order valence-electron chi connectivity index (χ1n) is 5.73. The SMILES string of the molecule is CCn1ncnc1COc1cccc(Cl)c1CN. The average Bonchev–Trinajstić information content (AvgIpc) is 2.83. The monoisotopic (exact) mass is 266 g/mol. The normalized spacial score (nSPS) is 10.6. The Labute approximate surface area is 111 Å². The van der Waals surface area contributed by atoms with Crippen molar-refractivity contribution in [3.05, 3.63) is 40.9 Å². The minimum absolute atomic E-state index is 0.343. The highest BCUT2D eigenvalue weighted by Gasteiger charge is 2.08. The summed E-state index contributed by atoms with van der Waals surface area (Å²) in [5.41, 5.74) is 6.47. The van der Waals surface area contributed by atoms with Gasteiger partial charge in [0.15, 0.2) is 5.82 Å². The number of hydrogen-bond acceptors (Lipinski definition) is 4. The van der Waals surface area contributed by atoms with Crippen molar-refractivity contribution in [1.82, 2.24) is 14.8 Å². The van der Waals surface area contributed by atoms with Crippen molar-refractivity contribution in [3.63, 3.8) is 0 Å². The van der Waals surface area contributed by atoms with Crippen molar-refractivity contribution in [2.24, 2.45) is 5.73 Å². The molecule has 2 rings (SSSR count). The largest absolute Gasteiger partial charge is 0.485 e. The van der Waals surface area contributed by atoms with E-state index in [-0.39, 0.29) is 0 Å². The van der Waals surface area contributed by atoms with E-state index in [1.165, 1.54) is 6.33 Å². The van der Waals surface area contributed by atoms with Crippen LogP contribution in [0.15, 0.2) is 24.5 Å². The Kier molecular flexibility index (Phi) is 4.17. The van der Waals surface area contributed by atoms with Crippen molar-refractivity contribution in [3.8, 4) is 5.75 Å². The second kappa shape index (κ2) is 5.84. The quantitative estimate of drug-likeness (QED) is 0.899. The van der Waals surface area contributed by atoms with Gasteiger partial charge < -0.3 is 10.5 Å². The molecule has 2 N–H and O–H groups in total. The van der Waals surface area contributed by atoms with Crippen LogP contribution in [0.1, 0.15) is 18.3 Å². The lowest BCUT2D eigenvalue weighted by atomic mass is 10.2. The Morgan fingerprint density at radius 2 is 2.28 bits per heavy atom. The molecule has 0 unspecified atom stereocenters. The van der Waals surface area contributed by atoms with E-state index in [0.29, 0.717) is 23.9 Å². The Balaban J connectivity index is 2.13. The highest BCUT2D eigenvalue weighted by atomic mass is 35.5. The van der Waals surface area contributed by atoms with Crippen LogP contribution >= 0.6 is 11.6 Å². The van der Waals surface area contributed by atoms with E-state index in [1.807, 2.05) is 19.1 Å². The van der Waals surface area contributed by atoms with Gasteiger partial charge in [-0.25, -0.2) is 9.67 Å². The molecule has 0 aliphatic carbocycles. The van der Waals surface area contributed by atoms with Gasteiger partial charge >= 0.3 is 0 Å². The van der Waals surface area contributed by atoms with Crippen LogP contribution in [0.3, 0.4) is 0 Å². The zero-order valence-corrected chi connectivity index (χ0v) is 10.9. The van der Waals surface area contributed by atoms with Crippen LogP contribution in [-0.2, 0) is 19.7 Å². The van der Waals surface area contributed by atoms with Gasteiger partial charge in [0, 0.05) is 23.7 Å². The van der Waals surface area contributed by atoms with Crippen LogP contribution in [0, 0.1) is 0 Å². The predicted octanol–water partition coefficient (Wildman–Crippen LogP) is 1.99. The molecule has 0 spiro atoms. The summed E-state index contributed by atoms with van der Waals surface area (Å²) in [4.78, 5) is 4.14. The molecule has 0 amide bonds. The van der Waals surface area contributed by atoms with Crippen LogP contribution in [0.25, 0.3) is 0 Å². The molecule has 1 heterocycles. The van der Waals surface area contributed by atoms with E-state index >= 15 is 0 Å². The number of aryl methyl sites for hydroxylation is 1. The number of benzene rings is 1. The molecule has 18 heavy (non-hydrogen) atoms. The standard InChI is InChI=1S/C12H15ClN4O/c1-2-17-12(15-8-16-17)7-18-11-5-3-4-10(13)9(11)6-14/h3-5,8H,2,6-7,14H2,1H3. The van der Waals surface area contributed by atoms with Crippen molar-refractivity contribution in [2.45, 2.75) is 26.6 Å². The number of nitrogens with zero attached hydrogens (tertiary/aromatic N) is 3. The Morgan fingerprint density at radius 1 is 1.44 bits per heavy atom. The Morgan fingerprint density at radius 3 is 3.00 bits per heavy atom. The third-order valence-electron chi connectivity index (χ3n) is 2.63. The predicted molar refractivity (Wildman–Crippen MR) is 69.4 cm³/mol. The first-order chi connectivity index (χ1) is 8.76. The molecular formula is C12H15ClN4O. The molecule has 6 heteroatoms.